The van der Waals surface area contributed by atoms with E-state index in [2.05, 4.69) is 10.2 Å². The van der Waals surface area contributed by atoms with Crippen molar-refractivity contribution in [3.63, 3.8) is 0 Å². The van der Waals surface area contributed by atoms with Crippen LogP contribution in [0.1, 0.15) is 52.1 Å². The number of nitrogens with one attached hydrogen (secondary N) is 1. The highest BCUT2D eigenvalue weighted by molar-refractivity contribution is 5.97. The lowest BCUT2D eigenvalue weighted by Gasteiger charge is -2.32. The number of rotatable bonds is 5. The highest BCUT2D eigenvalue weighted by Gasteiger charge is 2.27. The Morgan fingerprint density at radius 3 is 2.55 bits per heavy atom. The number of H-pyrrole nitrogens is 1. The molecule has 7 heteroatoms. The summed E-state index contributed by atoms with van der Waals surface area (Å²) in [5.41, 5.74) is 2.06. The van der Waals surface area contributed by atoms with Crippen molar-refractivity contribution in [1.82, 2.24) is 20.0 Å². The Morgan fingerprint density at radius 2 is 1.79 bits per heavy atom. The van der Waals surface area contributed by atoms with Gasteiger partial charge in [-0.1, -0.05) is 12.1 Å². The molecule has 2 saturated heterocycles. The average molecular weight is 396 g/mol. The van der Waals surface area contributed by atoms with E-state index in [-0.39, 0.29) is 17.7 Å². The molecule has 1 N–H and O–H groups in total. The van der Waals surface area contributed by atoms with Gasteiger partial charge in [-0.2, -0.15) is 5.10 Å². The summed E-state index contributed by atoms with van der Waals surface area (Å²) in [7, 11) is 0. The van der Waals surface area contributed by atoms with E-state index in [1.165, 1.54) is 0 Å². The van der Waals surface area contributed by atoms with Crippen LogP contribution >= 0.6 is 0 Å². The highest BCUT2D eigenvalue weighted by atomic mass is 16.5. The summed E-state index contributed by atoms with van der Waals surface area (Å²) >= 11 is 0. The van der Waals surface area contributed by atoms with Gasteiger partial charge in [0, 0.05) is 37.8 Å². The summed E-state index contributed by atoms with van der Waals surface area (Å²) in [5, 5.41) is 6.79. The zero-order valence-corrected chi connectivity index (χ0v) is 16.9. The lowest BCUT2D eigenvalue weighted by molar-refractivity contribution is 0.0632. The minimum atomic E-state index is 0.0190. The van der Waals surface area contributed by atoms with Crippen LogP contribution < -0.4 is 4.74 Å². The second-order valence-corrected chi connectivity index (χ2v) is 7.97. The molecule has 1 aromatic heterocycles. The number of piperidine rings is 1. The standard InChI is InChI=1S/C22H28N4O3/c1-16-19(13-23-24-16)22(28)26-12-6-7-17(14-26)15-29-20-9-3-2-8-18(20)21(27)25-10-4-5-11-25/h2-3,8-9,13,17H,4-7,10-12,14-15H2,1H3,(H,23,24). The molecular weight excluding hydrogens is 368 g/mol. The Labute approximate surface area is 171 Å². The third-order valence-electron chi connectivity index (χ3n) is 5.85. The van der Waals surface area contributed by atoms with Gasteiger partial charge in [-0.3, -0.25) is 14.7 Å². The van der Waals surface area contributed by atoms with Gasteiger partial charge >= 0.3 is 0 Å². The fraction of sp³-hybridized carbons (Fsp3) is 0.500. The van der Waals surface area contributed by atoms with Gasteiger partial charge in [0.1, 0.15) is 5.75 Å². The van der Waals surface area contributed by atoms with Crippen LogP contribution in [0.5, 0.6) is 5.75 Å². The molecule has 1 atom stereocenters. The first-order valence-electron chi connectivity index (χ1n) is 10.4. The molecule has 2 aliphatic heterocycles. The summed E-state index contributed by atoms with van der Waals surface area (Å²) in [6, 6.07) is 7.48. The van der Waals surface area contributed by atoms with Crippen molar-refractivity contribution in [1.29, 1.82) is 0 Å². The molecule has 29 heavy (non-hydrogen) atoms. The summed E-state index contributed by atoms with van der Waals surface area (Å²) in [6.45, 7) is 5.41. The molecule has 0 aliphatic carbocycles. The van der Waals surface area contributed by atoms with Crippen molar-refractivity contribution in [2.45, 2.75) is 32.6 Å². The Hall–Kier alpha value is -2.83. The number of benzene rings is 1. The van der Waals surface area contributed by atoms with Gasteiger partial charge in [0.25, 0.3) is 11.8 Å². The Balaban J connectivity index is 1.38. The van der Waals surface area contributed by atoms with Gasteiger partial charge in [0.05, 0.1) is 23.9 Å². The molecular formula is C22H28N4O3. The van der Waals surface area contributed by atoms with E-state index >= 15 is 0 Å². The molecule has 0 radical (unpaired) electrons. The maximum Gasteiger partial charge on any atom is 0.257 e. The van der Waals surface area contributed by atoms with E-state index < -0.39 is 0 Å². The molecule has 1 unspecified atom stereocenters. The molecule has 0 bridgehead atoms. The fourth-order valence-electron chi connectivity index (χ4n) is 4.19. The maximum absolute atomic E-state index is 12.8. The Kier molecular flexibility index (Phi) is 5.83. The summed E-state index contributed by atoms with van der Waals surface area (Å²) < 4.78 is 6.10. The lowest BCUT2D eigenvalue weighted by atomic mass is 9.98. The molecule has 2 amide bonds. The third-order valence-corrected chi connectivity index (χ3v) is 5.85. The van der Waals surface area contributed by atoms with E-state index in [4.69, 9.17) is 4.74 Å². The van der Waals surface area contributed by atoms with Crippen LogP contribution in [0, 0.1) is 12.8 Å². The van der Waals surface area contributed by atoms with Crippen LogP contribution in [0.2, 0.25) is 0 Å². The molecule has 0 spiro atoms. The van der Waals surface area contributed by atoms with Crippen LogP contribution in [-0.4, -0.2) is 64.6 Å². The number of aryl methyl sites for hydroxylation is 1. The topological polar surface area (TPSA) is 78.5 Å². The first kappa shape index (κ1) is 19.5. The number of amides is 2. The maximum atomic E-state index is 12.8. The van der Waals surface area contributed by atoms with Crippen LogP contribution in [0.25, 0.3) is 0 Å². The number of ether oxygens (including phenoxy) is 1. The van der Waals surface area contributed by atoms with Crippen molar-refractivity contribution in [3.8, 4) is 5.75 Å². The number of hydrogen-bond acceptors (Lipinski definition) is 4. The van der Waals surface area contributed by atoms with Gasteiger partial charge < -0.3 is 14.5 Å². The largest absolute Gasteiger partial charge is 0.492 e. The number of aromatic amines is 1. The number of para-hydroxylation sites is 1. The fourth-order valence-corrected chi connectivity index (χ4v) is 4.19. The zero-order valence-electron chi connectivity index (χ0n) is 16.9. The average Bonchev–Trinajstić information content (AvgIpc) is 3.43. The molecule has 3 heterocycles. The van der Waals surface area contributed by atoms with Crippen LogP contribution in [-0.2, 0) is 0 Å². The number of likely N-dealkylation sites (tertiary alicyclic amines) is 2. The van der Waals surface area contributed by atoms with Gasteiger partial charge in [-0.05, 0) is 44.7 Å². The summed E-state index contributed by atoms with van der Waals surface area (Å²) in [5.74, 6) is 0.952. The molecule has 1 aromatic carbocycles. The molecule has 0 saturated carbocycles. The second kappa shape index (κ2) is 8.68. The summed E-state index contributed by atoms with van der Waals surface area (Å²) in [4.78, 5) is 29.4. The van der Waals surface area contributed by atoms with E-state index in [0.717, 1.165) is 51.0 Å². The quantitative estimate of drug-likeness (QED) is 0.843. The minimum absolute atomic E-state index is 0.0190. The number of carbonyl (C=O) groups excluding carboxylic acids is 2. The minimum Gasteiger partial charge on any atom is -0.492 e. The van der Waals surface area contributed by atoms with E-state index in [1.807, 2.05) is 41.0 Å². The predicted octanol–water partition coefficient (Wildman–Crippen LogP) is 2.89. The van der Waals surface area contributed by atoms with E-state index in [1.54, 1.807) is 6.20 Å². The molecule has 4 rings (SSSR count). The SMILES string of the molecule is Cc1[nH]ncc1C(=O)N1CCCC(COc2ccccc2C(=O)N2CCCC2)C1. The monoisotopic (exact) mass is 396 g/mol. The molecule has 2 aliphatic rings. The second-order valence-electron chi connectivity index (χ2n) is 7.97. The molecule has 7 nitrogen and oxygen atoms in total. The number of nitrogens with zero attached hydrogens (tertiary/aromatic N) is 3. The van der Waals surface area contributed by atoms with Gasteiger partial charge in [0.2, 0.25) is 0 Å². The Bertz CT molecular complexity index is 872. The van der Waals surface area contributed by atoms with E-state index in [9.17, 15) is 9.59 Å². The molecule has 2 fully saturated rings. The van der Waals surface area contributed by atoms with Crippen molar-refractivity contribution >= 4 is 11.8 Å². The molecule has 2 aromatic rings. The van der Waals surface area contributed by atoms with Gasteiger partial charge in [0.15, 0.2) is 0 Å². The molecule has 154 valence electrons. The third kappa shape index (κ3) is 4.28. The van der Waals surface area contributed by atoms with E-state index in [0.29, 0.717) is 30.0 Å². The van der Waals surface area contributed by atoms with Gasteiger partial charge in [-0.15, -0.1) is 0 Å². The van der Waals surface area contributed by atoms with Crippen LogP contribution in [0.15, 0.2) is 30.5 Å². The van der Waals surface area contributed by atoms with Crippen LogP contribution in [0.4, 0.5) is 0 Å². The number of carbonyl (C=O) groups is 2. The van der Waals surface area contributed by atoms with Crippen molar-refractivity contribution in [2.24, 2.45) is 5.92 Å². The van der Waals surface area contributed by atoms with Crippen molar-refractivity contribution in [2.75, 3.05) is 32.8 Å². The number of aromatic nitrogens is 2. The van der Waals surface area contributed by atoms with Crippen molar-refractivity contribution < 1.29 is 14.3 Å². The van der Waals surface area contributed by atoms with Crippen molar-refractivity contribution in [3.05, 3.63) is 47.3 Å². The normalized spacial score (nSPS) is 19.4. The highest BCUT2D eigenvalue weighted by Crippen LogP contribution is 2.25. The number of hydrogen-bond donors (Lipinski definition) is 1. The lowest BCUT2D eigenvalue weighted by Crippen LogP contribution is -2.41. The summed E-state index contributed by atoms with van der Waals surface area (Å²) in [6.07, 6.45) is 5.69. The van der Waals surface area contributed by atoms with Gasteiger partial charge in [-0.25, -0.2) is 0 Å². The Morgan fingerprint density at radius 1 is 1.07 bits per heavy atom. The first-order valence-corrected chi connectivity index (χ1v) is 10.4. The zero-order chi connectivity index (χ0) is 20.2. The predicted molar refractivity (Wildman–Crippen MR) is 109 cm³/mol. The van der Waals surface area contributed by atoms with Crippen LogP contribution in [0.3, 0.4) is 0 Å². The smallest absolute Gasteiger partial charge is 0.257 e. The first-order chi connectivity index (χ1) is 14.1.